The van der Waals surface area contributed by atoms with Crippen LogP contribution in [-0.4, -0.2) is 40.6 Å². The molecule has 1 saturated heterocycles. The standard InChI is InChI=1S/C26H35N3O5/c1-16(2)29(17(3)4)25(32)9-7-5-6-8-23(30)27-18-10-12-22-20(14-18)21(15-34-22)19-11-13-24(31)28-26(19)33/h10,12,14-17,19H,5-9,11,13H2,1-4H3,(H,27,30)(H,28,31,33). The zero-order valence-corrected chi connectivity index (χ0v) is 20.5. The molecule has 34 heavy (non-hydrogen) atoms. The van der Waals surface area contributed by atoms with E-state index >= 15 is 0 Å². The number of rotatable bonds is 10. The molecular weight excluding hydrogens is 434 g/mol. The van der Waals surface area contributed by atoms with Gasteiger partial charge in [-0.1, -0.05) is 6.42 Å². The van der Waals surface area contributed by atoms with Crippen LogP contribution in [0.2, 0.25) is 0 Å². The van der Waals surface area contributed by atoms with Crippen molar-refractivity contribution in [2.75, 3.05) is 5.32 Å². The quantitative estimate of drug-likeness (QED) is 0.394. The molecule has 1 atom stereocenters. The van der Waals surface area contributed by atoms with Gasteiger partial charge in [0.1, 0.15) is 5.58 Å². The average Bonchev–Trinajstić information content (AvgIpc) is 3.16. The van der Waals surface area contributed by atoms with Gasteiger partial charge in [0.15, 0.2) is 0 Å². The summed E-state index contributed by atoms with van der Waals surface area (Å²) >= 11 is 0. The first-order chi connectivity index (χ1) is 16.2. The molecule has 0 radical (unpaired) electrons. The molecule has 1 fully saturated rings. The van der Waals surface area contributed by atoms with Crippen LogP contribution in [0.15, 0.2) is 28.9 Å². The number of piperidine rings is 1. The Bertz CT molecular complexity index is 1050. The van der Waals surface area contributed by atoms with E-state index < -0.39 is 5.92 Å². The molecule has 0 spiro atoms. The van der Waals surface area contributed by atoms with Crippen LogP contribution in [0, 0.1) is 0 Å². The summed E-state index contributed by atoms with van der Waals surface area (Å²) in [5.74, 6) is -0.965. The van der Waals surface area contributed by atoms with E-state index in [2.05, 4.69) is 10.6 Å². The SMILES string of the molecule is CC(C)N(C(=O)CCCCCC(=O)Nc1ccc2occ(C3CCC(=O)NC3=O)c2c1)C(C)C. The summed E-state index contributed by atoms with van der Waals surface area (Å²) in [6.07, 6.45) is 5.42. The van der Waals surface area contributed by atoms with Gasteiger partial charge in [0.2, 0.25) is 23.6 Å². The molecule has 1 aliphatic rings. The lowest BCUT2D eigenvalue weighted by Gasteiger charge is -2.30. The summed E-state index contributed by atoms with van der Waals surface area (Å²) in [4.78, 5) is 50.5. The third-order valence-corrected chi connectivity index (χ3v) is 6.20. The number of amides is 4. The Morgan fingerprint density at radius 2 is 1.79 bits per heavy atom. The highest BCUT2D eigenvalue weighted by Crippen LogP contribution is 2.34. The van der Waals surface area contributed by atoms with Crippen LogP contribution in [-0.2, 0) is 19.2 Å². The van der Waals surface area contributed by atoms with E-state index in [-0.39, 0.29) is 42.1 Å². The monoisotopic (exact) mass is 469 g/mol. The molecule has 0 bridgehead atoms. The van der Waals surface area contributed by atoms with E-state index in [1.54, 1.807) is 24.5 Å². The van der Waals surface area contributed by atoms with Crippen LogP contribution in [0.5, 0.6) is 0 Å². The molecule has 2 N–H and O–H groups in total. The molecule has 8 heteroatoms. The Hall–Kier alpha value is -3.16. The van der Waals surface area contributed by atoms with E-state index in [4.69, 9.17) is 4.42 Å². The minimum atomic E-state index is -0.449. The van der Waals surface area contributed by atoms with Gasteiger partial charge in [-0.25, -0.2) is 0 Å². The predicted octanol–water partition coefficient (Wildman–Crippen LogP) is 4.49. The second-order valence-electron chi connectivity index (χ2n) is 9.50. The lowest BCUT2D eigenvalue weighted by atomic mass is 9.90. The fraction of sp³-hybridized carbons (Fsp3) is 0.538. The summed E-state index contributed by atoms with van der Waals surface area (Å²) in [6.45, 7) is 8.10. The van der Waals surface area contributed by atoms with Gasteiger partial charge in [-0.15, -0.1) is 0 Å². The number of nitrogens with zero attached hydrogens (tertiary/aromatic N) is 1. The van der Waals surface area contributed by atoms with Crippen molar-refractivity contribution in [3.8, 4) is 0 Å². The van der Waals surface area contributed by atoms with Crippen molar-refractivity contribution >= 4 is 40.3 Å². The molecule has 1 aliphatic heterocycles. The van der Waals surface area contributed by atoms with Crippen LogP contribution in [0.1, 0.15) is 84.1 Å². The first-order valence-corrected chi connectivity index (χ1v) is 12.1. The number of unbranched alkanes of at least 4 members (excludes halogenated alkanes) is 2. The highest BCUT2D eigenvalue weighted by atomic mass is 16.3. The Morgan fingerprint density at radius 3 is 2.47 bits per heavy atom. The van der Waals surface area contributed by atoms with Crippen molar-refractivity contribution in [1.82, 2.24) is 10.2 Å². The van der Waals surface area contributed by atoms with E-state index in [0.29, 0.717) is 37.0 Å². The van der Waals surface area contributed by atoms with Gasteiger partial charge in [0.25, 0.3) is 0 Å². The van der Waals surface area contributed by atoms with Crippen LogP contribution in [0.25, 0.3) is 11.0 Å². The number of furan rings is 1. The molecule has 4 amide bonds. The molecule has 8 nitrogen and oxygen atoms in total. The van der Waals surface area contributed by atoms with Crippen LogP contribution in [0.3, 0.4) is 0 Å². The number of hydrogen-bond donors (Lipinski definition) is 2. The Balaban J connectivity index is 1.50. The molecule has 2 heterocycles. The normalized spacial score (nSPS) is 16.2. The summed E-state index contributed by atoms with van der Waals surface area (Å²) < 4.78 is 5.59. The smallest absolute Gasteiger partial charge is 0.234 e. The minimum Gasteiger partial charge on any atom is -0.464 e. The molecule has 184 valence electrons. The average molecular weight is 470 g/mol. The van der Waals surface area contributed by atoms with Gasteiger partial charge >= 0.3 is 0 Å². The number of anilines is 1. The van der Waals surface area contributed by atoms with Gasteiger partial charge in [-0.2, -0.15) is 0 Å². The highest BCUT2D eigenvalue weighted by Gasteiger charge is 2.30. The molecule has 1 aromatic heterocycles. The van der Waals surface area contributed by atoms with Crippen molar-refractivity contribution in [2.24, 2.45) is 0 Å². The topological polar surface area (TPSA) is 109 Å². The lowest BCUT2D eigenvalue weighted by Crippen LogP contribution is -2.41. The first kappa shape index (κ1) is 25.5. The second kappa shape index (κ2) is 11.3. The fourth-order valence-corrected chi connectivity index (χ4v) is 4.65. The summed E-state index contributed by atoms with van der Waals surface area (Å²) in [7, 11) is 0. The predicted molar refractivity (Wildman–Crippen MR) is 130 cm³/mol. The van der Waals surface area contributed by atoms with Gasteiger partial charge in [0.05, 0.1) is 12.2 Å². The maximum absolute atomic E-state index is 12.4. The van der Waals surface area contributed by atoms with Gasteiger partial charge in [-0.05, 0) is 65.2 Å². The molecular formula is C26H35N3O5. The maximum atomic E-state index is 12.4. The van der Waals surface area contributed by atoms with Crippen LogP contribution in [0.4, 0.5) is 5.69 Å². The summed E-state index contributed by atoms with van der Waals surface area (Å²) in [5, 5.41) is 6.04. The van der Waals surface area contributed by atoms with Crippen molar-refractivity contribution in [2.45, 2.75) is 90.6 Å². The summed E-state index contributed by atoms with van der Waals surface area (Å²) in [6, 6.07) is 5.70. The minimum absolute atomic E-state index is 0.0947. The van der Waals surface area contributed by atoms with E-state index in [1.807, 2.05) is 32.6 Å². The highest BCUT2D eigenvalue weighted by molar-refractivity contribution is 6.03. The van der Waals surface area contributed by atoms with Crippen LogP contribution >= 0.6 is 0 Å². The number of carbonyl (C=O) groups excluding carboxylic acids is 4. The fourth-order valence-electron chi connectivity index (χ4n) is 4.65. The second-order valence-corrected chi connectivity index (χ2v) is 9.50. The third kappa shape index (κ3) is 6.24. The Morgan fingerprint density at radius 1 is 1.09 bits per heavy atom. The van der Waals surface area contributed by atoms with Crippen molar-refractivity contribution in [1.29, 1.82) is 0 Å². The van der Waals surface area contributed by atoms with Gasteiger partial charge < -0.3 is 14.6 Å². The molecule has 3 rings (SSSR count). The Labute approximate surface area is 200 Å². The number of benzene rings is 1. The van der Waals surface area contributed by atoms with Gasteiger partial charge in [-0.3, -0.25) is 24.5 Å². The van der Waals surface area contributed by atoms with Gasteiger partial charge in [0, 0.05) is 48.0 Å². The van der Waals surface area contributed by atoms with Crippen molar-refractivity contribution in [3.05, 3.63) is 30.0 Å². The Kier molecular flexibility index (Phi) is 8.47. The van der Waals surface area contributed by atoms with Crippen molar-refractivity contribution in [3.63, 3.8) is 0 Å². The van der Waals surface area contributed by atoms with E-state index in [9.17, 15) is 19.2 Å². The number of hydrogen-bond acceptors (Lipinski definition) is 5. The molecule has 2 aromatic rings. The van der Waals surface area contributed by atoms with E-state index in [0.717, 1.165) is 23.8 Å². The third-order valence-electron chi connectivity index (χ3n) is 6.20. The number of nitrogens with one attached hydrogen (secondary N) is 2. The zero-order valence-electron chi connectivity index (χ0n) is 20.5. The number of imide groups is 1. The number of carbonyl (C=O) groups is 4. The molecule has 0 aliphatic carbocycles. The van der Waals surface area contributed by atoms with Crippen LogP contribution < -0.4 is 10.6 Å². The van der Waals surface area contributed by atoms with E-state index in [1.165, 1.54) is 0 Å². The molecule has 1 aromatic carbocycles. The van der Waals surface area contributed by atoms with Crippen molar-refractivity contribution < 1.29 is 23.6 Å². The molecule has 1 unspecified atom stereocenters. The molecule has 0 saturated carbocycles. The first-order valence-electron chi connectivity index (χ1n) is 12.1. The number of fused-ring (bicyclic) bond motifs is 1. The zero-order chi connectivity index (χ0) is 24.8. The summed E-state index contributed by atoms with van der Waals surface area (Å²) in [5.41, 5.74) is 1.98. The maximum Gasteiger partial charge on any atom is 0.234 e. The lowest BCUT2D eigenvalue weighted by molar-refractivity contribution is -0.135. The largest absolute Gasteiger partial charge is 0.464 e.